The Hall–Kier alpha value is -0.830. The Bertz CT molecular complexity index is 428. The van der Waals surface area contributed by atoms with E-state index in [9.17, 15) is 4.79 Å². The Morgan fingerprint density at radius 2 is 1.79 bits per heavy atom. The van der Waals surface area contributed by atoms with E-state index >= 15 is 0 Å². The van der Waals surface area contributed by atoms with Gasteiger partial charge in [-0.2, -0.15) is 0 Å². The zero-order chi connectivity index (χ0) is 14.6. The molecule has 1 atom stereocenters. The number of benzene rings is 1. The molecule has 0 aliphatic rings. The maximum atomic E-state index is 12.5. The molecule has 1 amide bonds. The van der Waals surface area contributed by atoms with Gasteiger partial charge in [-0.3, -0.25) is 4.79 Å². The lowest BCUT2D eigenvalue weighted by Gasteiger charge is -2.31. The van der Waals surface area contributed by atoms with E-state index in [1.54, 1.807) is 0 Å². The summed E-state index contributed by atoms with van der Waals surface area (Å²) in [6.45, 7) is 10.4. The number of rotatable bonds is 4. The maximum absolute atomic E-state index is 12.5. The predicted octanol–water partition coefficient (Wildman–Crippen LogP) is 4.23. The summed E-state index contributed by atoms with van der Waals surface area (Å²) in [4.78, 5) is 12.5. The number of alkyl halides is 1. The van der Waals surface area contributed by atoms with Crippen LogP contribution in [-0.2, 0) is 0 Å². The number of carbonyl (C=O) groups excluding carboxylic acids is 1. The van der Waals surface area contributed by atoms with Crippen LogP contribution in [0.25, 0.3) is 0 Å². The number of hydrogen-bond donors (Lipinski definition) is 1. The fourth-order valence-electron chi connectivity index (χ4n) is 2.23. The summed E-state index contributed by atoms with van der Waals surface area (Å²) in [5.74, 6) is 0.0384. The van der Waals surface area contributed by atoms with Crippen LogP contribution < -0.4 is 5.32 Å². The lowest BCUT2D eigenvalue weighted by atomic mass is 9.85. The largest absolute Gasteiger partial charge is 0.349 e. The highest BCUT2D eigenvalue weighted by Crippen LogP contribution is 2.23. The monoisotopic (exact) mass is 325 g/mol. The summed E-state index contributed by atoms with van der Waals surface area (Å²) >= 11 is 3.47. The fourth-order valence-corrected chi connectivity index (χ4v) is 2.69. The molecule has 0 aliphatic carbocycles. The second-order valence-corrected chi connectivity index (χ2v) is 6.93. The lowest BCUT2D eigenvalue weighted by molar-refractivity contribution is 0.0899. The van der Waals surface area contributed by atoms with Gasteiger partial charge < -0.3 is 5.32 Å². The number of halogens is 1. The number of aryl methyl sites for hydroxylation is 2. The highest BCUT2D eigenvalue weighted by atomic mass is 79.9. The maximum Gasteiger partial charge on any atom is 0.252 e. The normalized spacial score (nSPS) is 13.2. The Morgan fingerprint density at radius 3 is 2.21 bits per heavy atom. The molecule has 0 heterocycles. The molecule has 106 valence electrons. The van der Waals surface area contributed by atoms with Gasteiger partial charge in [0.1, 0.15) is 0 Å². The Morgan fingerprint density at radius 1 is 1.26 bits per heavy atom. The van der Waals surface area contributed by atoms with Crippen LogP contribution in [0.15, 0.2) is 18.2 Å². The molecule has 0 bridgehead atoms. The molecular weight excluding hydrogens is 302 g/mol. The second kappa shape index (κ2) is 6.56. The van der Waals surface area contributed by atoms with Crippen LogP contribution in [0.3, 0.4) is 0 Å². The van der Waals surface area contributed by atoms with Gasteiger partial charge in [-0.1, -0.05) is 54.9 Å². The van der Waals surface area contributed by atoms with Crippen LogP contribution in [0.5, 0.6) is 0 Å². The van der Waals surface area contributed by atoms with Crippen molar-refractivity contribution in [3.05, 3.63) is 34.9 Å². The van der Waals surface area contributed by atoms with Crippen molar-refractivity contribution in [1.82, 2.24) is 5.32 Å². The van der Waals surface area contributed by atoms with E-state index in [1.165, 1.54) is 0 Å². The van der Waals surface area contributed by atoms with Crippen LogP contribution in [0.1, 0.15) is 48.7 Å². The zero-order valence-corrected chi connectivity index (χ0v) is 14.1. The first kappa shape index (κ1) is 16.2. The standard InChI is InChI=1S/C16H24BrNO/c1-11-7-6-8-12(2)14(11)15(19)18-13(9-10-17)16(3,4)5/h6-8,13H,9-10H2,1-5H3,(H,18,19). The van der Waals surface area contributed by atoms with E-state index in [4.69, 9.17) is 0 Å². The second-order valence-electron chi connectivity index (χ2n) is 6.14. The molecule has 19 heavy (non-hydrogen) atoms. The van der Waals surface area contributed by atoms with Crippen molar-refractivity contribution in [3.63, 3.8) is 0 Å². The van der Waals surface area contributed by atoms with E-state index in [0.29, 0.717) is 0 Å². The van der Waals surface area contributed by atoms with Gasteiger partial charge in [0, 0.05) is 16.9 Å². The minimum absolute atomic E-state index is 0.0384. The first-order chi connectivity index (χ1) is 8.77. The minimum Gasteiger partial charge on any atom is -0.349 e. The molecule has 1 unspecified atom stereocenters. The molecule has 1 aromatic rings. The molecule has 0 radical (unpaired) electrons. The third-order valence-corrected chi connectivity index (χ3v) is 3.91. The molecule has 3 heteroatoms. The van der Waals surface area contributed by atoms with Crippen molar-refractivity contribution in [3.8, 4) is 0 Å². The molecule has 0 spiro atoms. The van der Waals surface area contributed by atoms with E-state index in [0.717, 1.165) is 28.4 Å². The molecule has 2 nitrogen and oxygen atoms in total. The first-order valence-electron chi connectivity index (χ1n) is 6.70. The average Bonchev–Trinajstić information content (AvgIpc) is 2.27. The van der Waals surface area contributed by atoms with Gasteiger partial charge in [0.05, 0.1) is 0 Å². The summed E-state index contributed by atoms with van der Waals surface area (Å²) in [5, 5.41) is 4.08. The highest BCUT2D eigenvalue weighted by molar-refractivity contribution is 9.09. The van der Waals surface area contributed by atoms with Gasteiger partial charge >= 0.3 is 0 Å². The number of amides is 1. The van der Waals surface area contributed by atoms with Crippen LogP contribution in [0.2, 0.25) is 0 Å². The van der Waals surface area contributed by atoms with E-state index < -0.39 is 0 Å². The van der Waals surface area contributed by atoms with Crippen molar-refractivity contribution in [2.75, 3.05) is 5.33 Å². The topological polar surface area (TPSA) is 29.1 Å². The van der Waals surface area contributed by atoms with Crippen LogP contribution >= 0.6 is 15.9 Å². The van der Waals surface area contributed by atoms with E-state index in [1.807, 2.05) is 32.0 Å². The summed E-state index contributed by atoms with van der Waals surface area (Å²) in [6.07, 6.45) is 0.931. The summed E-state index contributed by atoms with van der Waals surface area (Å²) in [7, 11) is 0. The van der Waals surface area contributed by atoms with E-state index in [-0.39, 0.29) is 17.4 Å². The SMILES string of the molecule is Cc1cccc(C)c1C(=O)NC(CCBr)C(C)(C)C. The fraction of sp³-hybridized carbons (Fsp3) is 0.562. The van der Waals surface area contributed by atoms with Crippen molar-refractivity contribution < 1.29 is 4.79 Å². The van der Waals surface area contributed by atoms with Gasteiger partial charge in [0.25, 0.3) is 5.91 Å². The van der Waals surface area contributed by atoms with Gasteiger partial charge in [-0.25, -0.2) is 0 Å². The Kier molecular flexibility index (Phi) is 5.60. The molecule has 0 aromatic heterocycles. The van der Waals surface area contributed by atoms with Crippen molar-refractivity contribution in [2.24, 2.45) is 5.41 Å². The molecule has 1 N–H and O–H groups in total. The molecule has 0 aliphatic heterocycles. The van der Waals surface area contributed by atoms with Crippen molar-refractivity contribution in [1.29, 1.82) is 0 Å². The van der Waals surface area contributed by atoms with Crippen molar-refractivity contribution in [2.45, 2.75) is 47.1 Å². The molecule has 0 saturated carbocycles. The highest BCUT2D eigenvalue weighted by Gasteiger charge is 2.26. The van der Waals surface area contributed by atoms with Crippen LogP contribution in [0.4, 0.5) is 0 Å². The van der Waals surface area contributed by atoms with Crippen molar-refractivity contribution >= 4 is 21.8 Å². The van der Waals surface area contributed by atoms with Gasteiger partial charge in [0.15, 0.2) is 0 Å². The Balaban J connectivity index is 2.95. The van der Waals surface area contributed by atoms with Gasteiger partial charge in [-0.05, 0) is 36.8 Å². The number of carbonyl (C=O) groups is 1. The minimum atomic E-state index is 0.0384. The van der Waals surface area contributed by atoms with E-state index in [2.05, 4.69) is 42.0 Å². The zero-order valence-electron chi connectivity index (χ0n) is 12.5. The molecule has 1 aromatic carbocycles. The van der Waals surface area contributed by atoms with Gasteiger partial charge in [-0.15, -0.1) is 0 Å². The third-order valence-electron chi connectivity index (χ3n) is 3.46. The predicted molar refractivity (Wildman–Crippen MR) is 85.0 cm³/mol. The van der Waals surface area contributed by atoms with Gasteiger partial charge in [0.2, 0.25) is 0 Å². The smallest absolute Gasteiger partial charge is 0.252 e. The molecular formula is C16H24BrNO. The van der Waals surface area contributed by atoms with Crippen LogP contribution in [-0.4, -0.2) is 17.3 Å². The summed E-state index contributed by atoms with van der Waals surface area (Å²) < 4.78 is 0. The number of hydrogen-bond acceptors (Lipinski definition) is 1. The number of nitrogens with one attached hydrogen (secondary N) is 1. The van der Waals surface area contributed by atoms with Crippen LogP contribution in [0, 0.1) is 19.3 Å². The lowest BCUT2D eigenvalue weighted by Crippen LogP contribution is -2.44. The molecule has 0 fully saturated rings. The molecule has 1 rings (SSSR count). The third kappa shape index (κ3) is 4.34. The summed E-state index contributed by atoms with van der Waals surface area (Å²) in [6, 6.07) is 6.12. The molecule has 0 saturated heterocycles. The average molecular weight is 326 g/mol. The quantitative estimate of drug-likeness (QED) is 0.824. The summed E-state index contributed by atoms with van der Waals surface area (Å²) in [5.41, 5.74) is 2.93. The first-order valence-corrected chi connectivity index (χ1v) is 7.82. The Labute approximate surface area is 125 Å².